The lowest BCUT2D eigenvalue weighted by Gasteiger charge is -2.29. The van der Waals surface area contributed by atoms with Crippen LogP contribution in [0.5, 0.6) is 11.5 Å². The molecule has 0 bridgehead atoms. The molecular formula is C31H31ClN2O5S. The lowest BCUT2D eigenvalue weighted by molar-refractivity contribution is -0.127. The highest BCUT2D eigenvalue weighted by Crippen LogP contribution is 2.49. The minimum Gasteiger partial charge on any atom is -0.507 e. The van der Waals surface area contributed by atoms with Crippen molar-refractivity contribution in [3.05, 3.63) is 96.1 Å². The number of anilines is 1. The summed E-state index contributed by atoms with van der Waals surface area (Å²) in [5, 5.41) is 11.8. The van der Waals surface area contributed by atoms with Gasteiger partial charge in [0, 0.05) is 18.0 Å². The predicted octanol–water partition coefficient (Wildman–Crippen LogP) is 5.94. The van der Waals surface area contributed by atoms with E-state index in [0.717, 1.165) is 26.9 Å². The van der Waals surface area contributed by atoms with Gasteiger partial charge in [0.05, 0.1) is 18.0 Å². The van der Waals surface area contributed by atoms with Gasteiger partial charge in [-0.25, -0.2) is 4.79 Å². The van der Waals surface area contributed by atoms with E-state index in [0.29, 0.717) is 18.8 Å². The fraction of sp³-hybridized carbons (Fsp3) is 0.226. The molecular weight excluding hydrogens is 548 g/mol. The molecule has 0 fully saturated rings. The largest absolute Gasteiger partial charge is 0.507 e. The molecule has 0 saturated heterocycles. The van der Waals surface area contributed by atoms with Crippen LogP contribution in [-0.4, -0.2) is 62.3 Å². The molecule has 1 aliphatic rings. The summed E-state index contributed by atoms with van der Waals surface area (Å²) < 4.78 is 11.3. The van der Waals surface area contributed by atoms with E-state index in [1.807, 2.05) is 73.6 Å². The number of likely N-dealkylation sites (N-methyl/N-ethyl adjacent to an activating group) is 1. The number of hydrogen-bond acceptors (Lipinski definition) is 7. The Kier molecular flexibility index (Phi) is 9.25. The first kappa shape index (κ1) is 29.3. The number of thioether (sulfide) groups is 1. The number of halogens is 1. The van der Waals surface area contributed by atoms with E-state index in [2.05, 4.69) is 6.07 Å². The standard InChI is InChI=1S/C31H30N2O5S.ClH/c1-32(2)18-19-33-25-17-14-20-8-4-5-9-23(20)29(25)39-28(21-12-15-22(37-3)16-13-21)27(30(33)35)38-31(36)24-10-6-7-11-26(24)34;/h4-17,27-28,34H,18-19H2,1-3H3;1H. The van der Waals surface area contributed by atoms with Gasteiger partial charge in [0.1, 0.15) is 17.1 Å². The number of amides is 1. The number of aromatic hydroxyl groups is 1. The van der Waals surface area contributed by atoms with Gasteiger partial charge < -0.3 is 24.4 Å². The minimum atomic E-state index is -1.15. The van der Waals surface area contributed by atoms with Crippen LogP contribution in [0.25, 0.3) is 10.8 Å². The molecule has 1 heterocycles. The number of carbonyl (C=O) groups excluding carboxylic acids is 2. The molecule has 4 aromatic carbocycles. The monoisotopic (exact) mass is 578 g/mol. The Balaban J connectivity index is 0.00000370. The van der Waals surface area contributed by atoms with E-state index < -0.39 is 17.3 Å². The van der Waals surface area contributed by atoms with Crippen LogP contribution in [0.3, 0.4) is 0 Å². The van der Waals surface area contributed by atoms with E-state index >= 15 is 0 Å². The number of rotatable bonds is 7. The normalized spacial score (nSPS) is 16.7. The Labute approximate surface area is 244 Å². The van der Waals surface area contributed by atoms with Crippen LogP contribution < -0.4 is 9.64 Å². The molecule has 4 aromatic rings. The van der Waals surface area contributed by atoms with Crippen molar-refractivity contribution in [2.45, 2.75) is 16.2 Å². The number of ether oxygens (including phenoxy) is 2. The molecule has 2 atom stereocenters. The summed E-state index contributed by atoms with van der Waals surface area (Å²) >= 11 is 1.51. The quantitative estimate of drug-likeness (QED) is 0.272. The number of para-hydroxylation sites is 1. The van der Waals surface area contributed by atoms with Crippen LogP contribution in [-0.2, 0) is 9.53 Å². The number of carbonyl (C=O) groups is 2. The zero-order chi connectivity index (χ0) is 27.5. The fourth-order valence-electron chi connectivity index (χ4n) is 4.66. The summed E-state index contributed by atoms with van der Waals surface area (Å²) in [5.74, 6) is -0.585. The fourth-order valence-corrected chi connectivity index (χ4v) is 6.12. The van der Waals surface area contributed by atoms with E-state index in [1.165, 1.54) is 23.9 Å². The molecule has 0 saturated carbocycles. The molecule has 0 radical (unpaired) electrons. The first-order valence-electron chi connectivity index (χ1n) is 12.6. The van der Waals surface area contributed by atoms with E-state index in [9.17, 15) is 14.7 Å². The van der Waals surface area contributed by atoms with Gasteiger partial charge in [0.2, 0.25) is 0 Å². The van der Waals surface area contributed by atoms with Crippen molar-refractivity contribution in [3.8, 4) is 11.5 Å². The second-order valence-corrected chi connectivity index (χ2v) is 10.7. The van der Waals surface area contributed by atoms with Gasteiger partial charge in [-0.05, 0) is 60.8 Å². The van der Waals surface area contributed by atoms with Crippen molar-refractivity contribution >= 4 is 52.5 Å². The van der Waals surface area contributed by atoms with Gasteiger partial charge in [0.15, 0.2) is 6.10 Å². The Hall–Kier alpha value is -3.72. The van der Waals surface area contributed by atoms with Crippen LogP contribution in [0.1, 0.15) is 21.2 Å². The number of fused-ring (bicyclic) bond motifs is 3. The molecule has 9 heteroatoms. The Morgan fingerprint density at radius 3 is 2.38 bits per heavy atom. The number of nitrogens with zero attached hydrogens (tertiary/aromatic N) is 2. The Bertz CT molecular complexity index is 1510. The number of phenols is 1. The molecule has 5 rings (SSSR count). The summed E-state index contributed by atoms with van der Waals surface area (Å²) in [4.78, 5) is 32.4. The third kappa shape index (κ3) is 5.89. The third-order valence-electron chi connectivity index (χ3n) is 6.75. The van der Waals surface area contributed by atoms with Gasteiger partial charge in [0.25, 0.3) is 5.91 Å². The van der Waals surface area contributed by atoms with Gasteiger partial charge in [-0.15, -0.1) is 24.2 Å². The molecule has 208 valence electrons. The number of hydrogen-bond donors (Lipinski definition) is 1. The van der Waals surface area contributed by atoms with Crippen LogP contribution in [0.15, 0.2) is 89.8 Å². The van der Waals surface area contributed by atoms with Gasteiger partial charge in [-0.2, -0.15) is 0 Å². The lowest BCUT2D eigenvalue weighted by Crippen LogP contribution is -2.45. The average Bonchev–Trinajstić information content (AvgIpc) is 3.06. The molecule has 2 unspecified atom stereocenters. The first-order chi connectivity index (χ1) is 18.9. The number of phenolic OH excluding ortho intramolecular Hbond substituents is 1. The van der Waals surface area contributed by atoms with Gasteiger partial charge in [-0.3, -0.25) is 4.79 Å². The molecule has 7 nitrogen and oxygen atoms in total. The first-order valence-corrected chi connectivity index (χ1v) is 13.5. The number of esters is 1. The summed E-state index contributed by atoms with van der Waals surface area (Å²) in [6, 6.07) is 25.7. The summed E-state index contributed by atoms with van der Waals surface area (Å²) in [7, 11) is 5.50. The van der Waals surface area contributed by atoms with E-state index in [-0.39, 0.29) is 29.6 Å². The second kappa shape index (κ2) is 12.6. The predicted molar refractivity (Wildman–Crippen MR) is 161 cm³/mol. The molecule has 0 aliphatic carbocycles. The number of benzene rings is 4. The van der Waals surface area contributed by atoms with Crippen LogP contribution in [0, 0.1) is 0 Å². The van der Waals surface area contributed by atoms with E-state index in [4.69, 9.17) is 9.47 Å². The zero-order valence-electron chi connectivity index (χ0n) is 22.4. The molecule has 40 heavy (non-hydrogen) atoms. The molecule has 1 aliphatic heterocycles. The maximum atomic E-state index is 14.3. The van der Waals surface area contributed by atoms with E-state index in [1.54, 1.807) is 24.1 Å². The highest BCUT2D eigenvalue weighted by atomic mass is 35.5. The second-order valence-electron chi connectivity index (χ2n) is 9.58. The van der Waals surface area contributed by atoms with Crippen LogP contribution in [0.4, 0.5) is 5.69 Å². The smallest absolute Gasteiger partial charge is 0.342 e. The number of methoxy groups -OCH3 is 1. The van der Waals surface area contributed by atoms with Crippen LogP contribution in [0.2, 0.25) is 0 Å². The van der Waals surface area contributed by atoms with Crippen molar-refractivity contribution in [2.75, 3.05) is 39.2 Å². The summed E-state index contributed by atoms with van der Waals surface area (Å²) in [5.41, 5.74) is 1.61. The lowest BCUT2D eigenvalue weighted by atomic mass is 10.0. The Morgan fingerprint density at radius 1 is 0.975 bits per heavy atom. The topological polar surface area (TPSA) is 79.3 Å². The average molecular weight is 579 g/mol. The maximum Gasteiger partial charge on any atom is 0.342 e. The SMILES string of the molecule is COc1ccc(C2Sc3c(ccc4ccccc34)N(CCN(C)C)C(=O)C2OC(=O)c2ccccc2O)cc1.Cl. The van der Waals surface area contributed by atoms with Crippen molar-refractivity contribution in [2.24, 2.45) is 0 Å². The van der Waals surface area contributed by atoms with Crippen molar-refractivity contribution in [1.29, 1.82) is 0 Å². The van der Waals surface area contributed by atoms with Crippen molar-refractivity contribution < 1.29 is 24.2 Å². The van der Waals surface area contributed by atoms with Gasteiger partial charge >= 0.3 is 5.97 Å². The molecule has 1 amide bonds. The summed E-state index contributed by atoms with van der Waals surface area (Å²) in [6.45, 7) is 1.04. The highest BCUT2D eigenvalue weighted by molar-refractivity contribution is 8.00. The van der Waals surface area contributed by atoms with Crippen molar-refractivity contribution in [3.63, 3.8) is 0 Å². The molecule has 0 spiro atoms. The summed E-state index contributed by atoms with van der Waals surface area (Å²) in [6.07, 6.45) is -1.15. The van der Waals surface area contributed by atoms with Crippen LogP contribution >= 0.6 is 24.2 Å². The zero-order valence-corrected chi connectivity index (χ0v) is 24.1. The molecule has 1 N–H and O–H groups in total. The molecule has 0 aromatic heterocycles. The third-order valence-corrected chi connectivity index (χ3v) is 8.19. The minimum absolute atomic E-state index is 0. The maximum absolute atomic E-state index is 14.3. The van der Waals surface area contributed by atoms with Crippen molar-refractivity contribution in [1.82, 2.24) is 4.90 Å². The van der Waals surface area contributed by atoms with Gasteiger partial charge in [-0.1, -0.05) is 54.6 Å². The Morgan fingerprint density at radius 2 is 1.68 bits per heavy atom. The highest BCUT2D eigenvalue weighted by Gasteiger charge is 2.42.